The van der Waals surface area contributed by atoms with Crippen LogP contribution >= 0.6 is 0 Å². The normalized spacial score (nSPS) is 19.9. The molecule has 3 N–H and O–H groups in total. The first-order valence-electron chi connectivity index (χ1n) is 6.64. The van der Waals surface area contributed by atoms with Crippen LogP contribution in [0.1, 0.15) is 38.2 Å². The number of rotatable bonds is 5. The van der Waals surface area contributed by atoms with Crippen LogP contribution in [0.3, 0.4) is 0 Å². The fourth-order valence-corrected chi connectivity index (χ4v) is 2.32. The molecule has 2 unspecified atom stereocenters. The van der Waals surface area contributed by atoms with E-state index in [0.29, 0.717) is 12.5 Å². The van der Waals surface area contributed by atoms with E-state index in [4.69, 9.17) is 5.73 Å². The second-order valence-corrected chi connectivity index (χ2v) is 5.52. The van der Waals surface area contributed by atoms with Crippen LogP contribution in [0.15, 0.2) is 30.3 Å². The third-order valence-corrected chi connectivity index (χ3v) is 4.00. The van der Waals surface area contributed by atoms with E-state index in [1.165, 1.54) is 12.8 Å². The number of nitrogens with one attached hydrogen (secondary N) is 1. The molecule has 1 fully saturated rings. The molecule has 1 aliphatic rings. The molecule has 0 aromatic heterocycles. The van der Waals surface area contributed by atoms with Crippen molar-refractivity contribution in [2.45, 2.75) is 38.1 Å². The molecule has 0 saturated heterocycles. The average Bonchev–Trinajstić information content (AvgIpc) is 3.23. The van der Waals surface area contributed by atoms with Gasteiger partial charge in [-0.3, -0.25) is 4.79 Å². The van der Waals surface area contributed by atoms with Gasteiger partial charge in [-0.15, -0.1) is 0 Å². The fraction of sp³-hybridized carbons (Fsp3) is 0.533. The van der Waals surface area contributed by atoms with E-state index in [2.05, 4.69) is 12.2 Å². The van der Waals surface area contributed by atoms with Crippen molar-refractivity contribution in [2.75, 3.05) is 6.54 Å². The maximum absolute atomic E-state index is 12.3. The predicted octanol–water partition coefficient (Wildman–Crippen LogP) is 2.03. The molecule has 0 radical (unpaired) electrons. The minimum absolute atomic E-state index is 0.0704. The highest BCUT2D eigenvalue weighted by Gasteiger charge is 2.42. The Morgan fingerprint density at radius 1 is 1.44 bits per heavy atom. The summed E-state index contributed by atoms with van der Waals surface area (Å²) in [5, 5.41) is 3.14. The van der Waals surface area contributed by atoms with Crippen LogP contribution in [0.25, 0.3) is 0 Å². The minimum atomic E-state index is -0.236. The summed E-state index contributed by atoms with van der Waals surface area (Å²) in [4.78, 5) is 12.3. The molecule has 1 aromatic rings. The standard InChI is InChI=1S/C15H22N2O/c1-11(12-6-4-3-5-7-12)14(18)17-15(2,10-16)13-8-9-13/h3-7,11,13H,8-10,16H2,1-2H3,(H,17,18). The molecule has 0 aliphatic heterocycles. The Morgan fingerprint density at radius 2 is 2.06 bits per heavy atom. The zero-order valence-corrected chi connectivity index (χ0v) is 11.1. The van der Waals surface area contributed by atoms with Crippen molar-refractivity contribution in [2.24, 2.45) is 11.7 Å². The molecule has 2 rings (SSSR count). The highest BCUT2D eigenvalue weighted by atomic mass is 16.2. The van der Waals surface area contributed by atoms with E-state index in [1.807, 2.05) is 37.3 Å². The SMILES string of the molecule is CC(C(=O)NC(C)(CN)C1CC1)c1ccccc1. The lowest BCUT2D eigenvalue weighted by Crippen LogP contribution is -2.54. The summed E-state index contributed by atoms with van der Waals surface area (Å²) in [6.07, 6.45) is 2.35. The van der Waals surface area contributed by atoms with Crippen LogP contribution in [0.4, 0.5) is 0 Å². The van der Waals surface area contributed by atoms with E-state index in [0.717, 1.165) is 5.56 Å². The topological polar surface area (TPSA) is 55.1 Å². The lowest BCUT2D eigenvalue weighted by molar-refractivity contribution is -0.124. The van der Waals surface area contributed by atoms with Crippen LogP contribution in [0, 0.1) is 5.92 Å². The van der Waals surface area contributed by atoms with Gasteiger partial charge in [0.2, 0.25) is 5.91 Å². The monoisotopic (exact) mass is 246 g/mol. The summed E-state index contributed by atoms with van der Waals surface area (Å²) in [5.41, 5.74) is 6.63. The van der Waals surface area contributed by atoms with Crippen LogP contribution in [-0.2, 0) is 4.79 Å². The van der Waals surface area contributed by atoms with Crippen molar-refractivity contribution < 1.29 is 4.79 Å². The number of carbonyl (C=O) groups is 1. The highest BCUT2D eigenvalue weighted by Crippen LogP contribution is 2.39. The van der Waals surface area contributed by atoms with Crippen molar-refractivity contribution >= 4 is 5.91 Å². The zero-order chi connectivity index (χ0) is 13.2. The largest absolute Gasteiger partial charge is 0.349 e. The molecule has 0 spiro atoms. The summed E-state index contributed by atoms with van der Waals surface area (Å²) in [6.45, 7) is 4.50. The predicted molar refractivity (Wildman–Crippen MR) is 73.2 cm³/mol. The summed E-state index contributed by atoms with van der Waals surface area (Å²) in [7, 11) is 0. The number of nitrogens with two attached hydrogens (primary N) is 1. The van der Waals surface area contributed by atoms with E-state index >= 15 is 0 Å². The van der Waals surface area contributed by atoms with Gasteiger partial charge in [0.15, 0.2) is 0 Å². The molecule has 0 heterocycles. The Balaban J connectivity index is 2.03. The Kier molecular flexibility index (Phi) is 3.71. The zero-order valence-electron chi connectivity index (χ0n) is 11.1. The van der Waals surface area contributed by atoms with Crippen molar-refractivity contribution in [1.29, 1.82) is 0 Å². The van der Waals surface area contributed by atoms with Gasteiger partial charge in [-0.05, 0) is 38.2 Å². The van der Waals surface area contributed by atoms with Gasteiger partial charge in [0.25, 0.3) is 0 Å². The summed E-state index contributed by atoms with van der Waals surface area (Å²) < 4.78 is 0. The van der Waals surface area contributed by atoms with Gasteiger partial charge < -0.3 is 11.1 Å². The van der Waals surface area contributed by atoms with Crippen LogP contribution in [0.2, 0.25) is 0 Å². The Bertz CT molecular complexity index is 414. The number of hydrogen-bond donors (Lipinski definition) is 2. The van der Waals surface area contributed by atoms with Gasteiger partial charge in [0, 0.05) is 6.54 Å². The summed E-state index contributed by atoms with van der Waals surface area (Å²) >= 11 is 0. The van der Waals surface area contributed by atoms with Crippen molar-refractivity contribution in [3.8, 4) is 0 Å². The lowest BCUT2D eigenvalue weighted by Gasteiger charge is -2.31. The van der Waals surface area contributed by atoms with Crippen molar-refractivity contribution in [3.05, 3.63) is 35.9 Å². The molecule has 0 bridgehead atoms. The first-order valence-corrected chi connectivity index (χ1v) is 6.64. The molecule has 2 atom stereocenters. The molecule has 18 heavy (non-hydrogen) atoms. The summed E-state index contributed by atoms with van der Waals surface area (Å²) in [6, 6.07) is 9.86. The maximum atomic E-state index is 12.3. The van der Waals surface area contributed by atoms with E-state index < -0.39 is 0 Å². The smallest absolute Gasteiger partial charge is 0.227 e. The quantitative estimate of drug-likeness (QED) is 0.835. The molecular formula is C15H22N2O. The van der Waals surface area contributed by atoms with E-state index in [9.17, 15) is 4.79 Å². The lowest BCUT2D eigenvalue weighted by atomic mass is 9.93. The van der Waals surface area contributed by atoms with Gasteiger partial charge in [-0.25, -0.2) is 0 Å². The van der Waals surface area contributed by atoms with Gasteiger partial charge >= 0.3 is 0 Å². The third kappa shape index (κ3) is 2.72. The van der Waals surface area contributed by atoms with E-state index in [1.54, 1.807) is 0 Å². The first kappa shape index (κ1) is 13.1. The molecule has 1 aliphatic carbocycles. The highest BCUT2D eigenvalue weighted by molar-refractivity contribution is 5.84. The molecule has 1 amide bonds. The van der Waals surface area contributed by atoms with Gasteiger partial charge in [-0.2, -0.15) is 0 Å². The third-order valence-electron chi connectivity index (χ3n) is 4.00. The second kappa shape index (κ2) is 5.11. The maximum Gasteiger partial charge on any atom is 0.227 e. The van der Waals surface area contributed by atoms with Crippen LogP contribution < -0.4 is 11.1 Å². The van der Waals surface area contributed by atoms with Gasteiger partial charge in [0.05, 0.1) is 11.5 Å². The van der Waals surface area contributed by atoms with Crippen LogP contribution in [-0.4, -0.2) is 18.0 Å². The number of benzene rings is 1. The molecule has 98 valence electrons. The Hall–Kier alpha value is -1.35. The van der Waals surface area contributed by atoms with E-state index in [-0.39, 0.29) is 17.4 Å². The van der Waals surface area contributed by atoms with Crippen LogP contribution in [0.5, 0.6) is 0 Å². The van der Waals surface area contributed by atoms with Gasteiger partial charge in [0.1, 0.15) is 0 Å². The van der Waals surface area contributed by atoms with Gasteiger partial charge in [-0.1, -0.05) is 30.3 Å². The molecule has 3 nitrogen and oxygen atoms in total. The molecular weight excluding hydrogens is 224 g/mol. The first-order chi connectivity index (χ1) is 8.57. The number of hydrogen-bond acceptors (Lipinski definition) is 2. The molecule has 1 saturated carbocycles. The fourth-order valence-electron chi connectivity index (χ4n) is 2.32. The molecule has 1 aromatic carbocycles. The van der Waals surface area contributed by atoms with Crippen molar-refractivity contribution in [1.82, 2.24) is 5.32 Å². The Morgan fingerprint density at radius 3 is 2.56 bits per heavy atom. The minimum Gasteiger partial charge on any atom is -0.349 e. The number of carbonyl (C=O) groups excluding carboxylic acids is 1. The second-order valence-electron chi connectivity index (χ2n) is 5.52. The average molecular weight is 246 g/mol. The Labute approximate surface area is 109 Å². The van der Waals surface area contributed by atoms with Crippen molar-refractivity contribution in [3.63, 3.8) is 0 Å². The molecule has 3 heteroatoms. The summed E-state index contributed by atoms with van der Waals surface area (Å²) in [5.74, 6) is 0.492. The number of amides is 1.